The van der Waals surface area contributed by atoms with Crippen molar-refractivity contribution in [1.82, 2.24) is 0 Å². The molecule has 0 spiro atoms. The molecule has 8 rings (SSSR count). The maximum atomic E-state index is 10.3. The Balaban J connectivity index is 1.48. The van der Waals surface area contributed by atoms with E-state index in [0.717, 1.165) is 28.2 Å². The van der Waals surface area contributed by atoms with Crippen LogP contribution in [0.4, 0.5) is 17.1 Å². The van der Waals surface area contributed by atoms with Crippen molar-refractivity contribution >= 4 is 38.5 Å². The molecule has 0 saturated carbocycles. The summed E-state index contributed by atoms with van der Waals surface area (Å²) in [6, 6.07) is 51.5. The molecule has 0 atom stereocenters. The Morgan fingerprint density at radius 1 is 0.512 bits per heavy atom. The number of hydrogen-bond acceptors (Lipinski definition) is 4. The molecule has 0 amide bonds. The number of hydrogen-bond donors (Lipinski definition) is 2. The van der Waals surface area contributed by atoms with Crippen molar-refractivity contribution in [2.45, 2.75) is 5.41 Å². The number of benzene rings is 6. The Morgan fingerprint density at radius 2 is 1.05 bits per heavy atom. The molecule has 1 aromatic heterocycles. The van der Waals surface area contributed by atoms with Gasteiger partial charge in [-0.1, -0.05) is 84.9 Å². The molecule has 3 nitrogen and oxygen atoms in total. The number of nitrogens with zero attached hydrogens (tertiary/aromatic N) is 1. The van der Waals surface area contributed by atoms with Crippen molar-refractivity contribution in [3.63, 3.8) is 0 Å². The zero-order valence-electron chi connectivity index (χ0n) is 23.2. The second-order valence-corrected chi connectivity index (χ2v) is 11.9. The van der Waals surface area contributed by atoms with Crippen molar-refractivity contribution in [1.29, 1.82) is 0 Å². The van der Waals surface area contributed by atoms with Gasteiger partial charge in [-0.05, 0) is 99.9 Å². The van der Waals surface area contributed by atoms with E-state index in [9.17, 15) is 10.2 Å². The van der Waals surface area contributed by atoms with Crippen molar-refractivity contribution in [3.05, 3.63) is 174 Å². The minimum Gasteiger partial charge on any atom is -0.508 e. The van der Waals surface area contributed by atoms with Crippen LogP contribution in [0.1, 0.15) is 22.3 Å². The largest absolute Gasteiger partial charge is 0.508 e. The van der Waals surface area contributed by atoms with Gasteiger partial charge in [0.2, 0.25) is 0 Å². The van der Waals surface area contributed by atoms with Gasteiger partial charge in [0, 0.05) is 26.6 Å². The first kappa shape index (κ1) is 25.4. The predicted octanol–water partition coefficient (Wildman–Crippen LogP) is 10.1. The fourth-order valence-corrected chi connectivity index (χ4v) is 8.01. The van der Waals surface area contributed by atoms with E-state index in [2.05, 4.69) is 95.9 Å². The minimum atomic E-state index is -0.680. The number of thiophene rings is 1. The average Bonchev–Trinajstić information content (AvgIpc) is 3.57. The topological polar surface area (TPSA) is 43.7 Å². The lowest BCUT2D eigenvalue weighted by Gasteiger charge is -2.35. The van der Waals surface area contributed by atoms with Crippen LogP contribution >= 0.6 is 11.3 Å². The Bertz CT molecular complexity index is 2000. The molecule has 0 radical (unpaired) electrons. The smallest absolute Gasteiger partial charge is 0.115 e. The van der Waals surface area contributed by atoms with E-state index >= 15 is 0 Å². The van der Waals surface area contributed by atoms with Gasteiger partial charge in [0.15, 0.2) is 0 Å². The monoisotopic (exact) mass is 573 g/mol. The minimum absolute atomic E-state index is 0.228. The highest BCUT2D eigenvalue weighted by atomic mass is 32.1. The zero-order valence-corrected chi connectivity index (χ0v) is 24.0. The second kappa shape index (κ2) is 9.90. The second-order valence-electron chi connectivity index (χ2n) is 10.9. The summed E-state index contributed by atoms with van der Waals surface area (Å²) in [6.45, 7) is 0. The Kier molecular flexibility index (Phi) is 5.85. The van der Waals surface area contributed by atoms with E-state index in [1.54, 1.807) is 24.3 Å². The number of rotatable bonds is 5. The SMILES string of the molecule is Oc1ccc(C2(c3ccc(O)cc3)c3cc(N(c4ccccc4)c4ccccc4)ccc3-c3sc4ccccc4c32)cc1. The highest BCUT2D eigenvalue weighted by molar-refractivity contribution is 7.22. The lowest BCUT2D eigenvalue weighted by Crippen LogP contribution is -2.28. The summed E-state index contributed by atoms with van der Waals surface area (Å²) >= 11 is 1.82. The van der Waals surface area contributed by atoms with Gasteiger partial charge >= 0.3 is 0 Å². The van der Waals surface area contributed by atoms with Crippen LogP contribution in [0.25, 0.3) is 20.5 Å². The summed E-state index contributed by atoms with van der Waals surface area (Å²) in [7, 11) is 0. The fourth-order valence-electron chi connectivity index (χ4n) is 6.71. The first-order chi connectivity index (χ1) is 21.1. The molecule has 4 heteroatoms. The number of anilines is 3. The highest BCUT2D eigenvalue weighted by Crippen LogP contribution is 2.61. The van der Waals surface area contributed by atoms with Gasteiger partial charge in [-0.25, -0.2) is 0 Å². The number of para-hydroxylation sites is 2. The maximum Gasteiger partial charge on any atom is 0.115 e. The highest BCUT2D eigenvalue weighted by Gasteiger charge is 2.48. The summed E-state index contributed by atoms with van der Waals surface area (Å²) in [5.41, 5.74) is 8.25. The van der Waals surface area contributed by atoms with Crippen LogP contribution in [-0.2, 0) is 5.41 Å². The van der Waals surface area contributed by atoms with Crippen LogP contribution in [0.2, 0.25) is 0 Å². The molecule has 2 N–H and O–H groups in total. The molecule has 1 aliphatic rings. The standard InChI is InChI=1S/C39H27NO2S/c41-31-20-15-26(16-21-31)39(27-17-22-32(42)23-18-27)35-25-30(40(28-9-3-1-4-10-28)29-11-5-2-6-12-29)19-24-33(35)38-37(39)34-13-7-8-14-36(34)43-38/h1-25,41-42H. The Labute approximate surface area is 254 Å². The van der Waals surface area contributed by atoms with E-state index in [1.807, 2.05) is 47.7 Å². The van der Waals surface area contributed by atoms with Crippen molar-refractivity contribution < 1.29 is 10.2 Å². The molecule has 6 aromatic carbocycles. The number of aromatic hydroxyl groups is 2. The lowest BCUT2D eigenvalue weighted by molar-refractivity contribution is 0.475. The van der Waals surface area contributed by atoms with Gasteiger partial charge in [-0.15, -0.1) is 11.3 Å². The molecule has 0 bridgehead atoms. The molecule has 0 aliphatic heterocycles. The Morgan fingerprint density at radius 3 is 1.63 bits per heavy atom. The number of phenolic OH excluding ortho intramolecular Hbond substituents is 2. The zero-order chi connectivity index (χ0) is 29.0. The van der Waals surface area contributed by atoms with Gasteiger partial charge in [-0.3, -0.25) is 0 Å². The number of phenols is 2. The van der Waals surface area contributed by atoms with Crippen molar-refractivity contribution in [2.75, 3.05) is 4.90 Å². The van der Waals surface area contributed by atoms with E-state index < -0.39 is 5.41 Å². The first-order valence-corrected chi connectivity index (χ1v) is 15.1. The molecule has 0 unspecified atom stereocenters. The van der Waals surface area contributed by atoms with Gasteiger partial charge in [0.25, 0.3) is 0 Å². The quantitative estimate of drug-likeness (QED) is 0.215. The van der Waals surface area contributed by atoms with Gasteiger partial charge in [-0.2, -0.15) is 0 Å². The van der Waals surface area contributed by atoms with Crippen molar-refractivity contribution in [2.24, 2.45) is 0 Å². The van der Waals surface area contributed by atoms with Gasteiger partial charge in [0.1, 0.15) is 11.5 Å². The fraction of sp³-hybridized carbons (Fsp3) is 0.0256. The summed E-state index contributed by atoms with van der Waals surface area (Å²) in [6.07, 6.45) is 0. The summed E-state index contributed by atoms with van der Waals surface area (Å²) in [4.78, 5) is 3.54. The summed E-state index contributed by atoms with van der Waals surface area (Å²) < 4.78 is 1.24. The average molecular weight is 574 g/mol. The van der Waals surface area contributed by atoms with Gasteiger partial charge in [0.05, 0.1) is 5.41 Å². The van der Waals surface area contributed by atoms with Crippen LogP contribution in [0.3, 0.4) is 0 Å². The third kappa shape index (κ3) is 3.88. The van der Waals surface area contributed by atoms with E-state index in [0.29, 0.717) is 0 Å². The maximum absolute atomic E-state index is 10.3. The third-order valence-corrected chi connectivity index (χ3v) is 9.71. The van der Waals surface area contributed by atoms with Crippen molar-refractivity contribution in [3.8, 4) is 21.9 Å². The molecule has 43 heavy (non-hydrogen) atoms. The predicted molar refractivity (Wildman–Crippen MR) is 177 cm³/mol. The lowest BCUT2D eigenvalue weighted by atomic mass is 9.67. The molecule has 206 valence electrons. The van der Waals surface area contributed by atoms with Crippen LogP contribution < -0.4 is 4.90 Å². The van der Waals surface area contributed by atoms with Crippen LogP contribution in [0.15, 0.2) is 152 Å². The normalized spacial score (nSPS) is 13.0. The summed E-state index contributed by atoms with van der Waals surface area (Å²) in [5, 5.41) is 21.9. The van der Waals surface area contributed by atoms with Gasteiger partial charge < -0.3 is 15.1 Å². The van der Waals surface area contributed by atoms with E-state index in [1.165, 1.54) is 31.7 Å². The molecule has 0 saturated heterocycles. The number of fused-ring (bicyclic) bond motifs is 5. The van der Waals surface area contributed by atoms with Crippen LogP contribution in [0.5, 0.6) is 11.5 Å². The third-order valence-electron chi connectivity index (χ3n) is 8.51. The first-order valence-electron chi connectivity index (χ1n) is 14.3. The summed E-state index contributed by atoms with van der Waals surface area (Å²) in [5.74, 6) is 0.456. The molecule has 1 aliphatic carbocycles. The van der Waals surface area contributed by atoms with E-state index in [4.69, 9.17) is 0 Å². The molecule has 0 fully saturated rings. The molecule has 7 aromatic rings. The molecular formula is C39H27NO2S. The molecular weight excluding hydrogens is 547 g/mol. The van der Waals surface area contributed by atoms with E-state index in [-0.39, 0.29) is 11.5 Å². The molecule has 1 heterocycles. The van der Waals surface area contributed by atoms with Crippen LogP contribution in [-0.4, -0.2) is 10.2 Å². The Hall–Kier alpha value is -5.32. The van der Waals surface area contributed by atoms with Crippen LogP contribution in [0, 0.1) is 0 Å².